The molecule has 1 fully saturated rings. The van der Waals surface area contributed by atoms with Crippen molar-refractivity contribution < 1.29 is 14.7 Å². The van der Waals surface area contributed by atoms with Gasteiger partial charge in [0.1, 0.15) is 0 Å². The fourth-order valence-electron chi connectivity index (χ4n) is 1.96. The van der Waals surface area contributed by atoms with Crippen LogP contribution >= 0.6 is 12.6 Å². The van der Waals surface area contributed by atoms with Crippen molar-refractivity contribution in [3.05, 3.63) is 0 Å². The highest BCUT2D eigenvalue weighted by molar-refractivity contribution is 7.80. The smallest absolute Gasteiger partial charge is 0.305 e. The molecule has 86 valence electrons. The van der Waals surface area contributed by atoms with Gasteiger partial charge in [-0.05, 0) is 18.1 Å². The summed E-state index contributed by atoms with van der Waals surface area (Å²) in [7, 11) is 0. The van der Waals surface area contributed by atoms with Gasteiger partial charge in [-0.25, -0.2) is 0 Å². The third-order valence-corrected chi connectivity index (χ3v) is 3.34. The zero-order valence-electron chi connectivity index (χ0n) is 8.85. The molecular weight excluding hydrogens is 214 g/mol. The van der Waals surface area contributed by atoms with Crippen molar-refractivity contribution in [3.8, 4) is 0 Å². The molecule has 1 saturated heterocycles. The largest absolute Gasteiger partial charge is 0.481 e. The van der Waals surface area contributed by atoms with Crippen LogP contribution < -0.4 is 0 Å². The molecule has 0 bridgehead atoms. The number of nitrogens with zero attached hydrogens (tertiary/aromatic N) is 1. The Morgan fingerprint density at radius 1 is 1.73 bits per heavy atom. The highest BCUT2D eigenvalue weighted by Crippen LogP contribution is 2.23. The van der Waals surface area contributed by atoms with E-state index in [9.17, 15) is 9.59 Å². The van der Waals surface area contributed by atoms with Crippen LogP contribution in [0.15, 0.2) is 0 Å². The minimum atomic E-state index is -0.844. The lowest BCUT2D eigenvalue weighted by Crippen LogP contribution is -2.37. The van der Waals surface area contributed by atoms with Gasteiger partial charge in [0.15, 0.2) is 0 Å². The Labute approximate surface area is 95.1 Å². The summed E-state index contributed by atoms with van der Waals surface area (Å²) in [5.74, 6) is 0.195. The second kappa shape index (κ2) is 5.39. The van der Waals surface area contributed by atoms with Crippen LogP contribution in [0, 0.1) is 5.92 Å². The summed E-state index contributed by atoms with van der Waals surface area (Å²) in [6.07, 6.45) is 1.25. The third-order valence-electron chi connectivity index (χ3n) is 2.82. The van der Waals surface area contributed by atoms with Gasteiger partial charge in [-0.15, -0.1) is 0 Å². The van der Waals surface area contributed by atoms with E-state index in [-0.39, 0.29) is 24.3 Å². The standard InChI is InChI=1S/C10H17NO3S/c1-2-8(4-10(13)14)11-5-7(6-15)3-9(11)12/h7-8,15H,2-6H2,1H3,(H,13,14). The van der Waals surface area contributed by atoms with Crippen LogP contribution in [0.3, 0.4) is 0 Å². The lowest BCUT2D eigenvalue weighted by atomic mass is 10.1. The molecule has 0 aromatic carbocycles. The number of hydrogen-bond acceptors (Lipinski definition) is 3. The van der Waals surface area contributed by atoms with E-state index < -0.39 is 5.97 Å². The summed E-state index contributed by atoms with van der Waals surface area (Å²) in [4.78, 5) is 24.0. The number of hydrogen-bond donors (Lipinski definition) is 2. The SMILES string of the molecule is CCC(CC(=O)O)N1CC(CS)CC1=O. The molecule has 1 N–H and O–H groups in total. The van der Waals surface area contributed by atoms with Crippen molar-refractivity contribution >= 4 is 24.5 Å². The molecule has 4 nitrogen and oxygen atoms in total. The molecule has 5 heteroatoms. The van der Waals surface area contributed by atoms with Crippen molar-refractivity contribution in [2.75, 3.05) is 12.3 Å². The predicted molar refractivity (Wildman–Crippen MR) is 60.0 cm³/mol. The molecule has 2 atom stereocenters. The number of rotatable bonds is 5. The quantitative estimate of drug-likeness (QED) is 0.694. The number of thiol groups is 1. The zero-order valence-corrected chi connectivity index (χ0v) is 9.74. The van der Waals surface area contributed by atoms with Gasteiger partial charge < -0.3 is 10.0 Å². The van der Waals surface area contributed by atoms with E-state index in [0.717, 1.165) is 0 Å². The monoisotopic (exact) mass is 231 g/mol. The van der Waals surface area contributed by atoms with Crippen LogP contribution in [0.4, 0.5) is 0 Å². The first kappa shape index (κ1) is 12.4. The molecule has 1 amide bonds. The third kappa shape index (κ3) is 3.12. The second-order valence-corrected chi connectivity index (χ2v) is 4.32. The fourth-order valence-corrected chi connectivity index (χ4v) is 2.20. The maximum absolute atomic E-state index is 11.6. The molecule has 0 spiro atoms. The van der Waals surface area contributed by atoms with E-state index in [2.05, 4.69) is 12.6 Å². The maximum atomic E-state index is 11.6. The van der Waals surface area contributed by atoms with E-state index >= 15 is 0 Å². The molecule has 1 aliphatic rings. The van der Waals surface area contributed by atoms with Crippen molar-refractivity contribution in [1.82, 2.24) is 4.90 Å². The molecule has 0 aromatic heterocycles. The van der Waals surface area contributed by atoms with Gasteiger partial charge in [-0.3, -0.25) is 9.59 Å². The van der Waals surface area contributed by atoms with Crippen molar-refractivity contribution in [2.24, 2.45) is 5.92 Å². The van der Waals surface area contributed by atoms with Crippen molar-refractivity contribution in [1.29, 1.82) is 0 Å². The number of aliphatic carboxylic acids is 1. The fraction of sp³-hybridized carbons (Fsp3) is 0.800. The Kier molecular flexibility index (Phi) is 4.45. The van der Waals surface area contributed by atoms with Crippen molar-refractivity contribution in [2.45, 2.75) is 32.2 Å². The van der Waals surface area contributed by atoms with Gasteiger partial charge in [0.05, 0.1) is 6.42 Å². The molecular formula is C10H17NO3S. The molecule has 2 unspecified atom stereocenters. The number of amides is 1. The Bertz CT molecular complexity index is 257. The molecule has 15 heavy (non-hydrogen) atoms. The molecule has 1 rings (SSSR count). The lowest BCUT2D eigenvalue weighted by molar-refractivity contribution is -0.139. The van der Waals surface area contributed by atoms with Gasteiger partial charge in [-0.1, -0.05) is 6.92 Å². The first-order valence-corrected chi connectivity index (χ1v) is 5.83. The molecule has 1 aliphatic heterocycles. The predicted octanol–water partition coefficient (Wildman–Crippen LogP) is 1.02. The second-order valence-electron chi connectivity index (χ2n) is 3.96. The lowest BCUT2D eigenvalue weighted by Gasteiger charge is -2.25. The minimum Gasteiger partial charge on any atom is -0.481 e. The number of carbonyl (C=O) groups excluding carboxylic acids is 1. The topological polar surface area (TPSA) is 57.6 Å². The molecule has 0 aliphatic carbocycles. The molecule has 0 saturated carbocycles. The van der Waals surface area contributed by atoms with Gasteiger partial charge in [0, 0.05) is 19.0 Å². The summed E-state index contributed by atoms with van der Waals surface area (Å²) in [6.45, 7) is 2.57. The zero-order chi connectivity index (χ0) is 11.4. The van der Waals surface area contributed by atoms with Gasteiger partial charge >= 0.3 is 5.97 Å². The summed E-state index contributed by atoms with van der Waals surface area (Å²) in [6, 6.07) is -0.153. The average Bonchev–Trinajstić information content (AvgIpc) is 2.56. The van der Waals surface area contributed by atoms with Gasteiger partial charge in [0.2, 0.25) is 5.91 Å². The number of carbonyl (C=O) groups is 2. The minimum absolute atomic E-state index is 0.0432. The Morgan fingerprint density at radius 3 is 2.80 bits per heavy atom. The molecule has 0 aromatic rings. The van der Waals surface area contributed by atoms with Crippen LogP contribution in [0.2, 0.25) is 0 Å². The first-order valence-electron chi connectivity index (χ1n) is 5.20. The van der Waals surface area contributed by atoms with E-state index in [1.54, 1.807) is 4.90 Å². The van der Waals surface area contributed by atoms with Crippen LogP contribution in [0.1, 0.15) is 26.2 Å². The average molecular weight is 231 g/mol. The summed E-state index contributed by atoms with van der Waals surface area (Å²) >= 11 is 4.17. The van der Waals surface area contributed by atoms with Crippen LogP contribution in [0.5, 0.6) is 0 Å². The van der Waals surface area contributed by atoms with E-state index in [4.69, 9.17) is 5.11 Å². The van der Waals surface area contributed by atoms with Crippen molar-refractivity contribution in [3.63, 3.8) is 0 Å². The Balaban J connectivity index is 2.60. The van der Waals surface area contributed by atoms with E-state index in [0.29, 0.717) is 25.1 Å². The summed E-state index contributed by atoms with van der Waals surface area (Å²) < 4.78 is 0. The van der Waals surface area contributed by atoms with Gasteiger partial charge in [0.25, 0.3) is 0 Å². The number of likely N-dealkylation sites (tertiary alicyclic amines) is 1. The maximum Gasteiger partial charge on any atom is 0.305 e. The molecule has 1 heterocycles. The van der Waals surface area contributed by atoms with Crippen LogP contribution in [-0.2, 0) is 9.59 Å². The summed E-state index contributed by atoms with van der Waals surface area (Å²) in [5.41, 5.74) is 0. The van der Waals surface area contributed by atoms with Gasteiger partial charge in [-0.2, -0.15) is 12.6 Å². The first-order chi connectivity index (χ1) is 7.08. The Hall–Kier alpha value is -0.710. The number of carboxylic acids is 1. The Morgan fingerprint density at radius 2 is 2.40 bits per heavy atom. The van der Waals surface area contributed by atoms with Crippen LogP contribution in [0.25, 0.3) is 0 Å². The molecule has 0 radical (unpaired) electrons. The number of carboxylic acid groups (broad SMARTS) is 1. The van der Waals surface area contributed by atoms with E-state index in [1.807, 2.05) is 6.92 Å². The normalized spacial score (nSPS) is 23.2. The summed E-state index contributed by atoms with van der Waals surface area (Å²) in [5, 5.41) is 8.73. The van der Waals surface area contributed by atoms with Crippen LogP contribution in [-0.4, -0.2) is 40.2 Å². The highest BCUT2D eigenvalue weighted by atomic mass is 32.1. The van der Waals surface area contributed by atoms with E-state index in [1.165, 1.54) is 0 Å². The highest BCUT2D eigenvalue weighted by Gasteiger charge is 2.33.